The van der Waals surface area contributed by atoms with Gasteiger partial charge in [-0.05, 0) is 56.3 Å². The van der Waals surface area contributed by atoms with Crippen LogP contribution >= 0.6 is 0 Å². The second kappa shape index (κ2) is 6.22. The molecular weight excluding hydrogens is 310 g/mol. The number of sulfonamides is 1. The Morgan fingerprint density at radius 2 is 1.64 bits per heavy atom. The lowest BCUT2D eigenvalue weighted by Crippen LogP contribution is -2.40. The smallest absolute Gasteiger partial charge is 0.243 e. The Bertz CT molecular complexity index is 617. The van der Waals surface area contributed by atoms with Gasteiger partial charge >= 0.3 is 0 Å². The van der Waals surface area contributed by atoms with Crippen molar-refractivity contribution in [3.05, 3.63) is 29.8 Å². The van der Waals surface area contributed by atoms with Crippen molar-refractivity contribution in [1.82, 2.24) is 9.62 Å². The highest BCUT2D eigenvalue weighted by Gasteiger charge is 2.33. The van der Waals surface area contributed by atoms with Crippen molar-refractivity contribution < 1.29 is 17.2 Å². The molecule has 0 saturated carbocycles. The van der Waals surface area contributed by atoms with Crippen LogP contribution in [0.15, 0.2) is 23.1 Å². The van der Waals surface area contributed by atoms with Gasteiger partial charge in [-0.2, -0.15) is 4.31 Å². The van der Waals surface area contributed by atoms with Gasteiger partial charge in [0, 0.05) is 19.2 Å². The number of halogens is 2. The minimum Gasteiger partial charge on any atom is -0.316 e. The van der Waals surface area contributed by atoms with Crippen molar-refractivity contribution in [3.8, 4) is 0 Å². The lowest BCUT2D eigenvalue weighted by Gasteiger charge is -2.33. The molecule has 1 N–H and O–H groups in total. The predicted molar refractivity (Wildman–Crippen MR) is 78.8 cm³/mol. The largest absolute Gasteiger partial charge is 0.316 e. The molecule has 0 radical (unpaired) electrons. The Kier molecular flexibility index (Phi) is 4.47. The van der Waals surface area contributed by atoms with Crippen molar-refractivity contribution in [2.45, 2.75) is 24.2 Å². The average molecular weight is 330 g/mol. The van der Waals surface area contributed by atoms with Crippen LogP contribution in [-0.2, 0) is 10.0 Å². The molecule has 2 heterocycles. The third kappa shape index (κ3) is 3.16. The Balaban J connectivity index is 1.71. The van der Waals surface area contributed by atoms with Crippen LogP contribution in [0.5, 0.6) is 0 Å². The van der Waals surface area contributed by atoms with Gasteiger partial charge in [0.05, 0.1) is 4.90 Å². The summed E-state index contributed by atoms with van der Waals surface area (Å²) < 4.78 is 52.9. The van der Waals surface area contributed by atoms with Crippen LogP contribution in [0.1, 0.15) is 19.3 Å². The SMILES string of the molecule is O=S(=O)(c1cc(F)cc(F)c1)N1CCC(C2CCNC2)CC1. The molecule has 2 aliphatic heterocycles. The molecule has 2 aliphatic rings. The van der Waals surface area contributed by atoms with E-state index < -0.39 is 21.7 Å². The molecule has 0 aliphatic carbocycles. The molecule has 1 atom stereocenters. The molecule has 3 rings (SSSR count). The van der Waals surface area contributed by atoms with E-state index in [0.29, 0.717) is 31.0 Å². The first-order valence-corrected chi connectivity index (χ1v) is 9.08. The van der Waals surface area contributed by atoms with Gasteiger partial charge in [0.1, 0.15) is 11.6 Å². The number of nitrogens with one attached hydrogen (secondary N) is 1. The Morgan fingerprint density at radius 3 is 2.18 bits per heavy atom. The molecule has 0 aromatic heterocycles. The number of nitrogens with zero attached hydrogens (tertiary/aromatic N) is 1. The monoisotopic (exact) mass is 330 g/mol. The number of hydrogen-bond acceptors (Lipinski definition) is 3. The Labute approximate surface area is 129 Å². The zero-order valence-electron chi connectivity index (χ0n) is 12.3. The van der Waals surface area contributed by atoms with Crippen molar-refractivity contribution in [2.24, 2.45) is 11.8 Å². The summed E-state index contributed by atoms with van der Waals surface area (Å²) in [5.41, 5.74) is 0. The van der Waals surface area contributed by atoms with Gasteiger partial charge in [-0.15, -0.1) is 0 Å². The number of rotatable bonds is 3. The first kappa shape index (κ1) is 15.8. The minimum absolute atomic E-state index is 0.300. The zero-order valence-corrected chi connectivity index (χ0v) is 13.1. The Hall–Kier alpha value is -1.05. The highest BCUT2D eigenvalue weighted by molar-refractivity contribution is 7.89. The van der Waals surface area contributed by atoms with Crippen LogP contribution in [0.25, 0.3) is 0 Å². The molecule has 7 heteroatoms. The Morgan fingerprint density at radius 1 is 1.00 bits per heavy atom. The standard InChI is InChI=1S/C15H20F2N2O2S/c16-13-7-14(17)9-15(8-13)22(20,21)19-5-2-11(3-6-19)12-1-4-18-10-12/h7-9,11-12,18H,1-6,10H2. The number of benzene rings is 1. The molecule has 2 saturated heterocycles. The lowest BCUT2D eigenvalue weighted by molar-refractivity contribution is 0.216. The van der Waals surface area contributed by atoms with Gasteiger partial charge in [0.2, 0.25) is 10.0 Å². The molecule has 1 unspecified atom stereocenters. The second-order valence-electron chi connectivity index (χ2n) is 6.10. The third-order valence-electron chi connectivity index (χ3n) is 4.74. The van der Waals surface area contributed by atoms with E-state index in [4.69, 9.17) is 0 Å². The van der Waals surface area contributed by atoms with Gasteiger partial charge in [0.25, 0.3) is 0 Å². The topological polar surface area (TPSA) is 49.4 Å². The molecule has 1 aromatic rings. The molecular formula is C15H20F2N2O2S. The van der Waals surface area contributed by atoms with E-state index in [2.05, 4.69) is 5.32 Å². The summed E-state index contributed by atoms with van der Waals surface area (Å²) in [6.07, 6.45) is 2.76. The van der Waals surface area contributed by atoms with Crippen molar-refractivity contribution in [2.75, 3.05) is 26.2 Å². The van der Waals surface area contributed by atoms with Crippen molar-refractivity contribution in [3.63, 3.8) is 0 Å². The molecule has 122 valence electrons. The van der Waals surface area contributed by atoms with Gasteiger partial charge in [-0.3, -0.25) is 0 Å². The van der Waals surface area contributed by atoms with E-state index >= 15 is 0 Å². The van der Waals surface area contributed by atoms with Crippen LogP contribution in [0, 0.1) is 23.5 Å². The maximum atomic E-state index is 13.3. The van der Waals surface area contributed by atoms with Crippen LogP contribution in [0.3, 0.4) is 0 Å². The van der Waals surface area contributed by atoms with E-state index in [9.17, 15) is 17.2 Å². The summed E-state index contributed by atoms with van der Waals surface area (Å²) in [6, 6.07) is 2.44. The van der Waals surface area contributed by atoms with Crippen molar-refractivity contribution >= 4 is 10.0 Å². The van der Waals surface area contributed by atoms with Crippen LogP contribution in [0.4, 0.5) is 8.78 Å². The molecule has 0 spiro atoms. The maximum absolute atomic E-state index is 13.3. The fourth-order valence-electron chi connectivity index (χ4n) is 3.49. The predicted octanol–water partition coefficient (Wildman–Crippen LogP) is 1.98. The number of piperidine rings is 1. The van der Waals surface area contributed by atoms with Crippen LogP contribution < -0.4 is 5.32 Å². The first-order chi connectivity index (χ1) is 10.5. The lowest BCUT2D eigenvalue weighted by atomic mass is 9.84. The highest BCUT2D eigenvalue weighted by atomic mass is 32.2. The number of hydrogen-bond donors (Lipinski definition) is 1. The minimum atomic E-state index is -3.82. The molecule has 0 amide bonds. The summed E-state index contributed by atoms with van der Waals surface area (Å²) in [5.74, 6) is -0.585. The zero-order chi connectivity index (χ0) is 15.7. The molecule has 22 heavy (non-hydrogen) atoms. The second-order valence-corrected chi connectivity index (χ2v) is 8.04. The summed E-state index contributed by atoms with van der Waals surface area (Å²) in [6.45, 7) is 2.88. The van der Waals surface area contributed by atoms with E-state index in [-0.39, 0.29) is 4.90 Å². The fraction of sp³-hybridized carbons (Fsp3) is 0.600. The van der Waals surface area contributed by atoms with E-state index in [1.165, 1.54) is 4.31 Å². The molecule has 4 nitrogen and oxygen atoms in total. The maximum Gasteiger partial charge on any atom is 0.243 e. The van der Waals surface area contributed by atoms with E-state index in [1.54, 1.807) is 0 Å². The molecule has 2 fully saturated rings. The summed E-state index contributed by atoms with van der Waals surface area (Å²) >= 11 is 0. The van der Waals surface area contributed by atoms with Crippen molar-refractivity contribution in [1.29, 1.82) is 0 Å². The van der Waals surface area contributed by atoms with E-state index in [0.717, 1.165) is 44.5 Å². The highest BCUT2D eigenvalue weighted by Crippen LogP contribution is 2.31. The first-order valence-electron chi connectivity index (χ1n) is 7.64. The van der Waals surface area contributed by atoms with Gasteiger partial charge in [-0.25, -0.2) is 17.2 Å². The van der Waals surface area contributed by atoms with Gasteiger partial charge < -0.3 is 5.32 Å². The van der Waals surface area contributed by atoms with Gasteiger partial charge in [0.15, 0.2) is 0 Å². The van der Waals surface area contributed by atoms with E-state index in [1.807, 2.05) is 0 Å². The summed E-state index contributed by atoms with van der Waals surface area (Å²) in [4.78, 5) is -0.300. The third-order valence-corrected chi connectivity index (χ3v) is 6.61. The van der Waals surface area contributed by atoms with Crippen LogP contribution in [0.2, 0.25) is 0 Å². The molecule has 1 aromatic carbocycles. The fourth-order valence-corrected chi connectivity index (χ4v) is 5.01. The molecule has 0 bridgehead atoms. The normalized spacial score (nSPS) is 24.7. The average Bonchev–Trinajstić information content (AvgIpc) is 3.00. The van der Waals surface area contributed by atoms with Gasteiger partial charge in [-0.1, -0.05) is 0 Å². The summed E-state index contributed by atoms with van der Waals surface area (Å²) in [7, 11) is -3.82. The summed E-state index contributed by atoms with van der Waals surface area (Å²) in [5, 5.41) is 3.33. The quantitative estimate of drug-likeness (QED) is 0.922. The van der Waals surface area contributed by atoms with Crippen LogP contribution in [-0.4, -0.2) is 38.9 Å².